The van der Waals surface area contributed by atoms with Gasteiger partial charge in [-0.25, -0.2) is 9.59 Å². The summed E-state index contributed by atoms with van der Waals surface area (Å²) in [5.41, 5.74) is -1.82. The molecule has 1 aromatic rings. The third kappa shape index (κ3) is 9.03. The lowest BCUT2D eigenvalue weighted by atomic mass is 9.98. The molecule has 208 valence electrons. The van der Waals surface area contributed by atoms with Crippen LogP contribution < -0.4 is 14.8 Å². The molecule has 0 spiro atoms. The van der Waals surface area contributed by atoms with Crippen molar-refractivity contribution in [3.63, 3.8) is 0 Å². The van der Waals surface area contributed by atoms with Gasteiger partial charge in [-0.3, -0.25) is 14.9 Å². The van der Waals surface area contributed by atoms with Crippen molar-refractivity contribution in [3.05, 3.63) is 23.8 Å². The third-order valence-electron chi connectivity index (χ3n) is 6.49. The molecule has 0 fully saturated rings. The Morgan fingerprint density at radius 2 is 1.41 bits per heavy atom. The number of hydrogen-bond acceptors (Lipinski definition) is 9. The molecule has 4 atom stereocenters. The summed E-state index contributed by atoms with van der Waals surface area (Å²) in [6.07, 6.45) is -0.954. The van der Waals surface area contributed by atoms with Crippen molar-refractivity contribution in [1.82, 2.24) is 5.32 Å². The van der Waals surface area contributed by atoms with Gasteiger partial charge in [0.25, 0.3) is 5.72 Å². The monoisotopic (exact) mass is 523 g/mol. The molecule has 0 aromatic heterocycles. The number of ether oxygens (including phenoxy) is 4. The van der Waals surface area contributed by atoms with E-state index in [0.29, 0.717) is 12.0 Å². The Morgan fingerprint density at radius 3 is 1.84 bits per heavy atom. The van der Waals surface area contributed by atoms with Gasteiger partial charge in [-0.15, -0.1) is 0 Å². The van der Waals surface area contributed by atoms with Crippen LogP contribution in [0.4, 0.5) is 4.79 Å². The first-order chi connectivity index (χ1) is 17.2. The normalized spacial score (nSPS) is 15.3. The second-order valence-corrected chi connectivity index (χ2v) is 10.0. The fourth-order valence-corrected chi connectivity index (χ4v) is 3.04. The molecule has 2 N–H and O–H groups in total. The number of methoxy groups -OCH3 is 1. The summed E-state index contributed by atoms with van der Waals surface area (Å²) in [4.78, 5) is 49.7. The summed E-state index contributed by atoms with van der Waals surface area (Å²) in [5, 5.41) is 12.9. The Balaban J connectivity index is 3.53. The van der Waals surface area contributed by atoms with Gasteiger partial charge in [-0.2, -0.15) is 0 Å². The number of hydrogen-bond donors (Lipinski definition) is 2. The van der Waals surface area contributed by atoms with Crippen LogP contribution in [0, 0.1) is 23.7 Å². The fraction of sp³-hybridized carbons (Fsp3) is 0.630. The third-order valence-corrected chi connectivity index (χ3v) is 6.49. The van der Waals surface area contributed by atoms with E-state index in [-0.39, 0.29) is 35.8 Å². The molecule has 1 aromatic carbocycles. The van der Waals surface area contributed by atoms with Crippen LogP contribution in [0.1, 0.15) is 67.4 Å². The Morgan fingerprint density at radius 1 is 0.892 bits per heavy atom. The number of benzene rings is 1. The van der Waals surface area contributed by atoms with Crippen LogP contribution in [0.25, 0.3) is 0 Å². The predicted octanol–water partition coefficient (Wildman–Crippen LogP) is 4.58. The zero-order chi connectivity index (χ0) is 28.5. The highest BCUT2D eigenvalue weighted by Crippen LogP contribution is 2.33. The quantitative estimate of drug-likeness (QED) is 0.215. The predicted molar refractivity (Wildman–Crippen MR) is 136 cm³/mol. The number of rotatable bonds is 13. The second-order valence-electron chi connectivity index (χ2n) is 10.0. The molecule has 37 heavy (non-hydrogen) atoms. The molecular weight excluding hydrogens is 482 g/mol. The first kappa shape index (κ1) is 31.9. The lowest BCUT2D eigenvalue weighted by Crippen LogP contribution is -2.59. The molecule has 10 heteroatoms. The summed E-state index contributed by atoms with van der Waals surface area (Å²) in [7, 11) is 1.08. The van der Waals surface area contributed by atoms with Crippen molar-refractivity contribution in [3.8, 4) is 11.5 Å². The first-order valence-electron chi connectivity index (χ1n) is 12.5. The van der Waals surface area contributed by atoms with Gasteiger partial charge in [0.05, 0.1) is 18.9 Å². The molecule has 0 amide bonds. The van der Waals surface area contributed by atoms with E-state index in [1.807, 2.05) is 34.6 Å². The average Bonchev–Trinajstić information content (AvgIpc) is 2.83. The van der Waals surface area contributed by atoms with Gasteiger partial charge in [0.1, 0.15) is 0 Å². The van der Waals surface area contributed by atoms with E-state index >= 15 is 0 Å². The largest absolute Gasteiger partial charge is 0.510 e. The van der Waals surface area contributed by atoms with E-state index in [2.05, 4.69) is 10.1 Å². The highest BCUT2D eigenvalue weighted by molar-refractivity contribution is 5.81. The second kappa shape index (κ2) is 14.0. The van der Waals surface area contributed by atoms with Crippen LogP contribution in [-0.2, 0) is 30.3 Å². The molecule has 0 aliphatic carbocycles. The summed E-state index contributed by atoms with van der Waals surface area (Å²) < 4.78 is 20.9. The van der Waals surface area contributed by atoms with Gasteiger partial charge in [0.2, 0.25) is 0 Å². The van der Waals surface area contributed by atoms with Crippen molar-refractivity contribution >= 4 is 24.1 Å². The average molecular weight is 524 g/mol. The van der Waals surface area contributed by atoms with E-state index < -0.39 is 41.6 Å². The summed E-state index contributed by atoms with van der Waals surface area (Å²) in [6.45, 7) is 14.6. The van der Waals surface area contributed by atoms with E-state index in [1.54, 1.807) is 20.8 Å². The lowest BCUT2D eigenvalue weighted by Gasteiger charge is -2.32. The SMILES string of the molecule is CCC(C)N[C@@](Cc1ccc(OC(=O)C(C)C(C)C)c(OC(=O)C(C)C(C)C)c1)(OC(=O)OC)C(=O)O. The molecule has 3 unspecified atom stereocenters. The summed E-state index contributed by atoms with van der Waals surface area (Å²) >= 11 is 0. The van der Waals surface area contributed by atoms with E-state index in [0.717, 1.165) is 7.11 Å². The molecular formula is C27H41NO9. The maximum Gasteiger partial charge on any atom is 0.510 e. The summed E-state index contributed by atoms with van der Waals surface area (Å²) in [6, 6.07) is 4.02. The van der Waals surface area contributed by atoms with Gasteiger partial charge < -0.3 is 24.1 Å². The van der Waals surface area contributed by atoms with Crippen LogP contribution in [0.5, 0.6) is 11.5 Å². The van der Waals surface area contributed by atoms with E-state index in [9.17, 15) is 24.3 Å². The number of nitrogens with one attached hydrogen (secondary N) is 1. The topological polar surface area (TPSA) is 137 Å². The molecule has 0 aliphatic rings. The Bertz CT molecular complexity index is 959. The van der Waals surface area contributed by atoms with Crippen LogP contribution in [0.3, 0.4) is 0 Å². The minimum Gasteiger partial charge on any atom is -0.477 e. The number of carboxylic acids is 1. The Labute approximate surface area is 219 Å². The highest BCUT2D eigenvalue weighted by Gasteiger charge is 2.44. The van der Waals surface area contributed by atoms with Gasteiger partial charge in [-0.1, -0.05) is 54.5 Å². The first-order valence-corrected chi connectivity index (χ1v) is 12.5. The fourth-order valence-electron chi connectivity index (χ4n) is 3.04. The zero-order valence-electron chi connectivity index (χ0n) is 23.2. The van der Waals surface area contributed by atoms with Gasteiger partial charge in [-0.05, 0) is 42.9 Å². The lowest BCUT2D eigenvalue weighted by molar-refractivity contribution is -0.166. The molecule has 0 saturated heterocycles. The number of carbonyl (C=O) groups is 4. The van der Waals surface area contributed by atoms with Gasteiger partial charge in [0.15, 0.2) is 11.5 Å². The van der Waals surface area contributed by atoms with Crippen molar-refractivity contribution in [2.24, 2.45) is 23.7 Å². The smallest absolute Gasteiger partial charge is 0.477 e. The van der Waals surface area contributed by atoms with E-state index in [1.165, 1.54) is 18.2 Å². The Hall–Kier alpha value is -3.14. The molecule has 0 heterocycles. The molecule has 0 bridgehead atoms. The number of esters is 2. The molecule has 0 saturated carbocycles. The van der Waals surface area contributed by atoms with Gasteiger partial charge in [0, 0.05) is 12.5 Å². The maximum atomic E-state index is 12.8. The van der Waals surface area contributed by atoms with Crippen molar-refractivity contribution in [2.45, 2.75) is 80.0 Å². The number of aliphatic carboxylic acids is 1. The van der Waals surface area contributed by atoms with Crippen molar-refractivity contribution < 1.29 is 43.2 Å². The van der Waals surface area contributed by atoms with Gasteiger partial charge >= 0.3 is 24.1 Å². The minimum atomic E-state index is -2.17. The molecule has 10 nitrogen and oxygen atoms in total. The molecule has 1 rings (SSSR count). The number of carbonyl (C=O) groups excluding carboxylic acids is 3. The van der Waals surface area contributed by atoms with E-state index in [4.69, 9.17) is 14.2 Å². The van der Waals surface area contributed by atoms with Crippen molar-refractivity contribution in [2.75, 3.05) is 7.11 Å². The van der Waals surface area contributed by atoms with Crippen LogP contribution >= 0.6 is 0 Å². The number of carboxylic acid groups (broad SMARTS) is 1. The molecule has 0 radical (unpaired) electrons. The van der Waals surface area contributed by atoms with Crippen LogP contribution in [-0.4, -0.2) is 48.0 Å². The van der Waals surface area contributed by atoms with Crippen LogP contribution in [0.15, 0.2) is 18.2 Å². The van der Waals surface area contributed by atoms with Crippen LogP contribution in [0.2, 0.25) is 0 Å². The molecule has 0 aliphatic heterocycles. The standard InChI is InChI=1S/C27H41NO9/c1-10-17(6)28-27(25(31)32,37-26(33)34-9)14-20-11-12-21(35-23(29)18(7)15(2)3)22(13-20)36-24(30)19(8)16(4)5/h11-13,15-19,28H,10,14H2,1-9H3,(H,31,32)/t17?,18?,19?,27-/m0/s1. The maximum absolute atomic E-state index is 12.8. The van der Waals surface area contributed by atoms with Crippen molar-refractivity contribution in [1.29, 1.82) is 0 Å². The summed E-state index contributed by atoms with van der Waals surface area (Å²) in [5.74, 6) is -3.33. The Kier molecular flexibility index (Phi) is 12.0. The highest BCUT2D eigenvalue weighted by atomic mass is 16.7. The zero-order valence-corrected chi connectivity index (χ0v) is 23.2. The minimum absolute atomic E-state index is 0.00417.